The van der Waals surface area contributed by atoms with Crippen LogP contribution in [0, 0.1) is 11.3 Å². The highest BCUT2D eigenvalue weighted by Crippen LogP contribution is 2.60. The van der Waals surface area contributed by atoms with Crippen molar-refractivity contribution in [1.82, 2.24) is 10.3 Å². The summed E-state index contributed by atoms with van der Waals surface area (Å²) in [5.74, 6) is 0.636. The van der Waals surface area contributed by atoms with E-state index in [1.54, 1.807) is 12.1 Å². The SMILES string of the molecule is N/C(=N/O)c1ccc(C(=O)NCC2(C3CC3)CC2)nc1. The van der Waals surface area contributed by atoms with Gasteiger partial charge in [-0.2, -0.15) is 0 Å². The van der Waals surface area contributed by atoms with Crippen molar-refractivity contribution in [3.05, 3.63) is 29.6 Å². The van der Waals surface area contributed by atoms with E-state index >= 15 is 0 Å². The van der Waals surface area contributed by atoms with E-state index in [0.717, 1.165) is 12.5 Å². The van der Waals surface area contributed by atoms with Crippen molar-refractivity contribution >= 4 is 11.7 Å². The summed E-state index contributed by atoms with van der Waals surface area (Å²) in [7, 11) is 0. The summed E-state index contributed by atoms with van der Waals surface area (Å²) in [6, 6.07) is 3.20. The second kappa shape index (κ2) is 4.77. The number of nitrogens with one attached hydrogen (secondary N) is 1. The summed E-state index contributed by atoms with van der Waals surface area (Å²) >= 11 is 0. The van der Waals surface area contributed by atoms with Crippen molar-refractivity contribution in [3.63, 3.8) is 0 Å². The molecule has 0 saturated heterocycles. The van der Waals surface area contributed by atoms with Crippen LogP contribution in [0.25, 0.3) is 0 Å². The zero-order valence-electron chi connectivity index (χ0n) is 11.2. The molecule has 0 atom stereocenters. The smallest absolute Gasteiger partial charge is 0.269 e. The molecule has 2 fully saturated rings. The zero-order valence-corrected chi connectivity index (χ0v) is 11.2. The fraction of sp³-hybridized carbons (Fsp3) is 0.500. The van der Waals surface area contributed by atoms with E-state index in [4.69, 9.17) is 10.9 Å². The molecule has 2 aliphatic rings. The lowest BCUT2D eigenvalue weighted by atomic mass is 10.0. The molecule has 0 aliphatic heterocycles. The third kappa shape index (κ3) is 2.45. The van der Waals surface area contributed by atoms with Crippen LogP contribution in [0.5, 0.6) is 0 Å². The van der Waals surface area contributed by atoms with E-state index in [1.807, 2.05) is 0 Å². The highest BCUT2D eigenvalue weighted by atomic mass is 16.4. The Morgan fingerprint density at radius 1 is 1.50 bits per heavy atom. The second-order valence-electron chi connectivity index (χ2n) is 5.74. The fourth-order valence-corrected chi connectivity index (χ4v) is 2.67. The van der Waals surface area contributed by atoms with Crippen molar-refractivity contribution in [2.75, 3.05) is 6.54 Å². The minimum Gasteiger partial charge on any atom is -0.409 e. The molecule has 0 unspecified atom stereocenters. The highest BCUT2D eigenvalue weighted by Gasteiger charge is 2.53. The molecule has 0 bridgehead atoms. The number of nitrogens with zero attached hydrogens (tertiary/aromatic N) is 2. The van der Waals surface area contributed by atoms with Crippen LogP contribution < -0.4 is 11.1 Å². The number of nitrogens with two attached hydrogens (primary N) is 1. The summed E-state index contributed by atoms with van der Waals surface area (Å²) in [6.07, 6.45) is 6.50. The number of carbonyl (C=O) groups is 1. The number of hydrogen-bond acceptors (Lipinski definition) is 4. The average Bonchev–Trinajstić information content (AvgIpc) is 3.36. The van der Waals surface area contributed by atoms with Gasteiger partial charge >= 0.3 is 0 Å². The molecule has 1 amide bonds. The lowest BCUT2D eigenvalue weighted by molar-refractivity contribution is 0.0937. The number of carbonyl (C=O) groups excluding carboxylic acids is 1. The third-order valence-electron chi connectivity index (χ3n) is 4.34. The predicted octanol–water partition coefficient (Wildman–Crippen LogP) is 1.10. The van der Waals surface area contributed by atoms with Crippen LogP contribution in [0.2, 0.25) is 0 Å². The Morgan fingerprint density at radius 3 is 2.75 bits per heavy atom. The van der Waals surface area contributed by atoms with Gasteiger partial charge in [-0.15, -0.1) is 0 Å². The quantitative estimate of drug-likeness (QED) is 0.324. The van der Waals surface area contributed by atoms with Gasteiger partial charge in [-0.1, -0.05) is 5.16 Å². The summed E-state index contributed by atoms with van der Waals surface area (Å²) in [6.45, 7) is 0.750. The molecule has 1 aromatic rings. The Morgan fingerprint density at radius 2 is 2.25 bits per heavy atom. The van der Waals surface area contributed by atoms with Gasteiger partial charge < -0.3 is 16.3 Å². The molecular formula is C14H18N4O2. The lowest BCUT2D eigenvalue weighted by Crippen LogP contribution is -2.31. The lowest BCUT2D eigenvalue weighted by Gasteiger charge is -2.14. The minimum absolute atomic E-state index is 0.0184. The fourth-order valence-electron chi connectivity index (χ4n) is 2.67. The predicted molar refractivity (Wildman–Crippen MR) is 73.5 cm³/mol. The zero-order chi connectivity index (χ0) is 14.2. The standard InChI is InChI=1S/C14H18N4O2/c15-12(18-20)9-1-4-11(16-7-9)13(19)17-8-14(5-6-14)10-2-3-10/h1,4,7,10,20H,2-3,5-6,8H2,(H2,15,18)(H,17,19). The summed E-state index contributed by atoms with van der Waals surface area (Å²) in [5, 5.41) is 14.4. The number of rotatable bonds is 5. The number of hydrogen-bond donors (Lipinski definition) is 3. The Bertz CT molecular complexity index is 545. The van der Waals surface area contributed by atoms with Crippen LogP contribution in [-0.4, -0.2) is 28.5 Å². The molecule has 106 valence electrons. The van der Waals surface area contributed by atoms with Crippen LogP contribution in [0.3, 0.4) is 0 Å². The number of aromatic nitrogens is 1. The monoisotopic (exact) mass is 274 g/mol. The highest BCUT2D eigenvalue weighted by molar-refractivity contribution is 5.98. The molecule has 2 saturated carbocycles. The third-order valence-corrected chi connectivity index (χ3v) is 4.34. The van der Waals surface area contributed by atoms with Crippen LogP contribution in [0.1, 0.15) is 41.7 Å². The largest absolute Gasteiger partial charge is 0.409 e. The van der Waals surface area contributed by atoms with E-state index in [0.29, 0.717) is 16.7 Å². The molecule has 4 N–H and O–H groups in total. The molecule has 0 aromatic carbocycles. The number of oxime groups is 1. The van der Waals surface area contributed by atoms with Gasteiger partial charge in [0.25, 0.3) is 5.91 Å². The Kier molecular flexibility index (Phi) is 3.08. The molecule has 6 heteroatoms. The van der Waals surface area contributed by atoms with Gasteiger partial charge in [0.05, 0.1) is 0 Å². The van der Waals surface area contributed by atoms with Crippen molar-refractivity contribution in [1.29, 1.82) is 0 Å². The van der Waals surface area contributed by atoms with Crippen molar-refractivity contribution in [2.24, 2.45) is 22.2 Å². The average molecular weight is 274 g/mol. The molecule has 0 spiro atoms. The normalized spacial score (nSPS) is 20.5. The Hall–Kier alpha value is -2.11. The van der Waals surface area contributed by atoms with Gasteiger partial charge in [-0.3, -0.25) is 9.78 Å². The first kappa shape index (κ1) is 12.9. The molecule has 0 radical (unpaired) electrons. The van der Waals surface area contributed by atoms with Gasteiger partial charge in [0.1, 0.15) is 5.69 Å². The molecule has 6 nitrogen and oxygen atoms in total. The number of amidine groups is 1. The van der Waals surface area contributed by atoms with Crippen LogP contribution in [0.15, 0.2) is 23.5 Å². The summed E-state index contributed by atoms with van der Waals surface area (Å²) in [5.41, 5.74) is 6.66. The first-order chi connectivity index (χ1) is 9.64. The first-order valence-corrected chi connectivity index (χ1v) is 6.87. The molecule has 1 aromatic heterocycles. The number of pyridine rings is 1. The maximum Gasteiger partial charge on any atom is 0.269 e. The maximum absolute atomic E-state index is 12.0. The summed E-state index contributed by atoms with van der Waals surface area (Å²) < 4.78 is 0. The van der Waals surface area contributed by atoms with Gasteiger partial charge in [-0.05, 0) is 49.1 Å². The molecule has 20 heavy (non-hydrogen) atoms. The first-order valence-electron chi connectivity index (χ1n) is 6.87. The van der Waals surface area contributed by atoms with Gasteiger partial charge in [0, 0.05) is 18.3 Å². The molecule has 1 heterocycles. The minimum atomic E-state index is -0.164. The second-order valence-corrected chi connectivity index (χ2v) is 5.74. The van der Waals surface area contributed by atoms with Crippen molar-refractivity contribution < 1.29 is 10.0 Å². The molecule has 3 rings (SSSR count). The number of amides is 1. The van der Waals surface area contributed by atoms with E-state index in [-0.39, 0.29) is 11.7 Å². The van der Waals surface area contributed by atoms with E-state index < -0.39 is 0 Å². The van der Waals surface area contributed by atoms with Crippen LogP contribution in [-0.2, 0) is 0 Å². The molecular weight excluding hydrogens is 256 g/mol. The van der Waals surface area contributed by atoms with Crippen molar-refractivity contribution in [2.45, 2.75) is 25.7 Å². The van der Waals surface area contributed by atoms with E-state index in [2.05, 4.69) is 15.5 Å². The van der Waals surface area contributed by atoms with E-state index in [1.165, 1.54) is 31.9 Å². The van der Waals surface area contributed by atoms with Gasteiger partial charge in [0.2, 0.25) is 0 Å². The maximum atomic E-state index is 12.0. The van der Waals surface area contributed by atoms with Crippen molar-refractivity contribution in [3.8, 4) is 0 Å². The van der Waals surface area contributed by atoms with E-state index in [9.17, 15) is 4.79 Å². The van der Waals surface area contributed by atoms with Gasteiger partial charge in [0.15, 0.2) is 5.84 Å². The van der Waals surface area contributed by atoms with Crippen LogP contribution >= 0.6 is 0 Å². The Balaban J connectivity index is 1.59. The summed E-state index contributed by atoms with van der Waals surface area (Å²) in [4.78, 5) is 16.1. The van der Waals surface area contributed by atoms with Crippen LogP contribution in [0.4, 0.5) is 0 Å². The molecule has 2 aliphatic carbocycles. The topological polar surface area (TPSA) is 101 Å². The Labute approximate surface area is 117 Å². The van der Waals surface area contributed by atoms with Gasteiger partial charge in [-0.25, -0.2) is 0 Å².